The third kappa shape index (κ3) is 4.89. The fourth-order valence-corrected chi connectivity index (χ4v) is 3.42. The van der Waals surface area contributed by atoms with Gasteiger partial charge in [-0.3, -0.25) is 15.0 Å². The SMILES string of the molecule is COCC(CN1CCN(c2ccc([N+](=O)[O-])cc2Cl)CC1)Oc1nonc1C. The van der Waals surface area contributed by atoms with Crippen LogP contribution in [0, 0.1) is 17.0 Å². The van der Waals surface area contributed by atoms with E-state index in [9.17, 15) is 10.1 Å². The molecule has 0 bridgehead atoms. The van der Waals surface area contributed by atoms with Gasteiger partial charge in [-0.1, -0.05) is 16.8 Å². The van der Waals surface area contributed by atoms with E-state index in [0.717, 1.165) is 31.9 Å². The molecule has 2 aromatic rings. The number of benzene rings is 1. The Bertz CT molecular complexity index is 809. The molecule has 10 nitrogen and oxygen atoms in total. The van der Waals surface area contributed by atoms with Gasteiger partial charge in [0.2, 0.25) is 0 Å². The van der Waals surface area contributed by atoms with Crippen molar-refractivity contribution in [2.75, 3.05) is 51.3 Å². The molecular weight excluding hydrogens is 390 g/mol. The molecule has 1 atom stereocenters. The molecule has 1 aliphatic heterocycles. The van der Waals surface area contributed by atoms with E-state index in [1.807, 2.05) is 0 Å². The van der Waals surface area contributed by atoms with Gasteiger partial charge in [-0.25, -0.2) is 4.63 Å². The lowest BCUT2D eigenvalue weighted by Crippen LogP contribution is -2.50. The van der Waals surface area contributed by atoms with Gasteiger partial charge in [0.1, 0.15) is 11.8 Å². The minimum absolute atomic E-state index is 0.00965. The molecule has 1 aliphatic rings. The Hall–Kier alpha value is -2.43. The summed E-state index contributed by atoms with van der Waals surface area (Å²) in [5, 5.41) is 18.7. The smallest absolute Gasteiger partial charge is 0.279 e. The van der Waals surface area contributed by atoms with E-state index in [1.165, 1.54) is 12.1 Å². The fourth-order valence-electron chi connectivity index (χ4n) is 3.12. The topological polar surface area (TPSA) is 107 Å². The van der Waals surface area contributed by atoms with Gasteiger partial charge in [0, 0.05) is 52.0 Å². The van der Waals surface area contributed by atoms with Crippen LogP contribution >= 0.6 is 11.6 Å². The molecule has 0 N–H and O–H groups in total. The van der Waals surface area contributed by atoms with Gasteiger partial charge >= 0.3 is 0 Å². The largest absolute Gasteiger partial charge is 0.467 e. The highest BCUT2D eigenvalue weighted by atomic mass is 35.5. The first-order chi connectivity index (χ1) is 13.5. The van der Waals surface area contributed by atoms with Gasteiger partial charge in [0.05, 0.1) is 22.2 Å². The van der Waals surface area contributed by atoms with E-state index in [1.54, 1.807) is 20.1 Å². The summed E-state index contributed by atoms with van der Waals surface area (Å²) in [4.78, 5) is 14.8. The Balaban J connectivity index is 1.56. The second-order valence-electron chi connectivity index (χ2n) is 6.53. The lowest BCUT2D eigenvalue weighted by molar-refractivity contribution is -0.384. The molecule has 152 valence electrons. The molecule has 2 heterocycles. The number of nitrogens with zero attached hydrogens (tertiary/aromatic N) is 5. The number of aromatic nitrogens is 2. The van der Waals surface area contributed by atoms with Crippen molar-refractivity contribution in [2.24, 2.45) is 0 Å². The minimum atomic E-state index is -0.449. The monoisotopic (exact) mass is 411 g/mol. The van der Waals surface area contributed by atoms with Crippen molar-refractivity contribution in [3.63, 3.8) is 0 Å². The van der Waals surface area contributed by atoms with Gasteiger partial charge in [0.15, 0.2) is 0 Å². The lowest BCUT2D eigenvalue weighted by Gasteiger charge is -2.37. The van der Waals surface area contributed by atoms with Crippen LogP contribution in [0.15, 0.2) is 22.8 Å². The molecule has 1 aromatic heterocycles. The number of nitro benzene ring substituents is 1. The molecule has 28 heavy (non-hydrogen) atoms. The van der Waals surface area contributed by atoms with Crippen LogP contribution in [0.2, 0.25) is 5.02 Å². The van der Waals surface area contributed by atoms with Crippen molar-refractivity contribution in [3.05, 3.63) is 39.0 Å². The van der Waals surface area contributed by atoms with E-state index < -0.39 is 4.92 Å². The predicted octanol–water partition coefficient (Wildman–Crippen LogP) is 2.16. The average Bonchev–Trinajstić information content (AvgIpc) is 3.07. The molecule has 3 rings (SSSR count). The number of hydrogen-bond acceptors (Lipinski definition) is 9. The first kappa shape index (κ1) is 20.3. The van der Waals surface area contributed by atoms with Crippen LogP contribution in [0.3, 0.4) is 0 Å². The minimum Gasteiger partial charge on any atom is -0.467 e. The highest BCUT2D eigenvalue weighted by Crippen LogP contribution is 2.30. The Kier molecular flexibility index (Phi) is 6.65. The van der Waals surface area contributed by atoms with Gasteiger partial charge in [-0.05, 0) is 18.1 Å². The second kappa shape index (κ2) is 9.18. The molecule has 11 heteroatoms. The molecule has 1 fully saturated rings. The molecule has 0 spiro atoms. The predicted molar refractivity (Wildman–Crippen MR) is 102 cm³/mol. The highest BCUT2D eigenvalue weighted by molar-refractivity contribution is 6.33. The molecular formula is C17H22ClN5O5. The molecule has 0 radical (unpaired) electrons. The number of hydrogen-bond donors (Lipinski definition) is 0. The number of non-ortho nitro benzene ring substituents is 1. The summed E-state index contributed by atoms with van der Waals surface area (Å²) >= 11 is 6.25. The maximum atomic E-state index is 10.9. The number of nitro groups is 1. The molecule has 0 aliphatic carbocycles. The average molecular weight is 412 g/mol. The standard InChI is InChI=1S/C17H22ClN5O5/c1-12-17(20-28-19-12)27-14(11-26-2)10-21-5-7-22(8-6-21)16-4-3-13(23(24)25)9-15(16)18/h3-4,9,14H,5-8,10-11H2,1-2H3. The molecule has 1 saturated heterocycles. The summed E-state index contributed by atoms with van der Waals surface area (Å²) < 4.78 is 15.8. The van der Waals surface area contributed by atoms with Crippen molar-refractivity contribution in [1.82, 2.24) is 15.2 Å². The molecule has 1 aromatic carbocycles. The Morgan fingerprint density at radius 1 is 1.32 bits per heavy atom. The fraction of sp³-hybridized carbons (Fsp3) is 0.529. The zero-order chi connectivity index (χ0) is 20.1. The highest BCUT2D eigenvalue weighted by Gasteiger charge is 2.24. The Morgan fingerprint density at radius 2 is 2.07 bits per heavy atom. The summed E-state index contributed by atoms with van der Waals surface area (Å²) in [6.07, 6.45) is -0.204. The number of methoxy groups -OCH3 is 1. The summed E-state index contributed by atoms with van der Waals surface area (Å²) in [5.74, 6) is 0.373. The number of anilines is 1. The van der Waals surface area contributed by atoms with Gasteiger partial charge < -0.3 is 14.4 Å². The molecule has 1 unspecified atom stereocenters. The summed E-state index contributed by atoms with van der Waals surface area (Å²) in [6.45, 7) is 5.95. The van der Waals surface area contributed by atoms with Crippen LogP contribution in [0.5, 0.6) is 5.88 Å². The van der Waals surface area contributed by atoms with Crippen molar-refractivity contribution < 1.29 is 19.0 Å². The summed E-state index contributed by atoms with van der Waals surface area (Å²) in [6, 6.07) is 4.57. The van der Waals surface area contributed by atoms with Gasteiger partial charge in [-0.15, -0.1) is 0 Å². The molecule has 0 saturated carbocycles. The number of rotatable bonds is 8. The van der Waals surface area contributed by atoms with Gasteiger partial charge in [0.25, 0.3) is 11.6 Å². The van der Waals surface area contributed by atoms with E-state index in [2.05, 4.69) is 24.7 Å². The van der Waals surface area contributed by atoms with Crippen molar-refractivity contribution in [1.29, 1.82) is 0 Å². The first-order valence-electron chi connectivity index (χ1n) is 8.84. The van der Waals surface area contributed by atoms with Crippen LogP contribution < -0.4 is 9.64 Å². The van der Waals surface area contributed by atoms with Crippen molar-refractivity contribution >= 4 is 23.0 Å². The van der Waals surface area contributed by atoms with Crippen LogP contribution in [0.4, 0.5) is 11.4 Å². The lowest BCUT2D eigenvalue weighted by atomic mass is 10.2. The summed E-state index contributed by atoms with van der Waals surface area (Å²) in [5.41, 5.74) is 1.39. The third-order valence-corrected chi connectivity index (χ3v) is 4.86. The van der Waals surface area contributed by atoms with Crippen molar-refractivity contribution in [3.8, 4) is 5.88 Å². The number of piperazine rings is 1. The second-order valence-corrected chi connectivity index (χ2v) is 6.94. The first-order valence-corrected chi connectivity index (χ1v) is 9.21. The van der Waals surface area contributed by atoms with E-state index in [4.69, 9.17) is 21.1 Å². The van der Waals surface area contributed by atoms with Gasteiger partial charge in [-0.2, -0.15) is 0 Å². The van der Waals surface area contributed by atoms with E-state index >= 15 is 0 Å². The van der Waals surface area contributed by atoms with Crippen LogP contribution in [-0.2, 0) is 4.74 Å². The van der Waals surface area contributed by atoms with Crippen molar-refractivity contribution in [2.45, 2.75) is 13.0 Å². The molecule has 0 amide bonds. The zero-order valence-electron chi connectivity index (χ0n) is 15.7. The quantitative estimate of drug-likeness (QED) is 0.476. The third-order valence-electron chi connectivity index (χ3n) is 4.56. The zero-order valence-corrected chi connectivity index (χ0v) is 16.5. The number of halogens is 1. The Labute approximate surface area is 167 Å². The van der Waals surface area contributed by atoms with E-state index in [-0.39, 0.29) is 11.8 Å². The van der Waals surface area contributed by atoms with Crippen LogP contribution in [-0.4, -0.2) is 72.7 Å². The van der Waals surface area contributed by atoms with Crippen LogP contribution in [0.1, 0.15) is 5.69 Å². The summed E-state index contributed by atoms with van der Waals surface area (Å²) in [7, 11) is 1.62. The number of ether oxygens (including phenoxy) is 2. The van der Waals surface area contributed by atoms with Crippen LogP contribution in [0.25, 0.3) is 0 Å². The Morgan fingerprint density at radius 3 is 2.64 bits per heavy atom. The maximum absolute atomic E-state index is 10.9. The number of aryl methyl sites for hydroxylation is 1. The maximum Gasteiger partial charge on any atom is 0.279 e. The normalized spacial score (nSPS) is 16.2. The van der Waals surface area contributed by atoms with E-state index in [0.29, 0.717) is 29.7 Å².